The fraction of sp³-hybridized carbons (Fsp3) is 0.500. The van der Waals surface area contributed by atoms with E-state index >= 15 is 0 Å². The Balaban J connectivity index is 2.36. The minimum Gasteiger partial charge on any atom is -0.392 e. The van der Waals surface area contributed by atoms with Crippen LogP contribution in [0.2, 0.25) is 0 Å². The lowest BCUT2D eigenvalue weighted by molar-refractivity contribution is -0.120. The van der Waals surface area contributed by atoms with Gasteiger partial charge >= 0.3 is 6.18 Å². The van der Waals surface area contributed by atoms with Gasteiger partial charge in [0.25, 0.3) is 0 Å². The molecule has 0 aliphatic heterocycles. The molecule has 0 radical (unpaired) electrons. The second-order valence-corrected chi connectivity index (χ2v) is 4.38. The lowest BCUT2D eigenvalue weighted by Gasteiger charge is -2.28. The number of aliphatic hydroxyl groups excluding tert-OH is 1. The fourth-order valence-corrected chi connectivity index (χ4v) is 1.98. The molecule has 1 saturated carbocycles. The van der Waals surface area contributed by atoms with Crippen LogP contribution in [0.25, 0.3) is 0 Å². The maximum atomic E-state index is 13.7. The molecule has 1 aliphatic carbocycles. The fourth-order valence-electron chi connectivity index (χ4n) is 1.98. The third-order valence-electron chi connectivity index (χ3n) is 2.87. The second kappa shape index (κ2) is 4.76. The molecule has 1 fully saturated rings. The summed E-state index contributed by atoms with van der Waals surface area (Å²) in [6.45, 7) is -1.67. The lowest BCUT2D eigenvalue weighted by Crippen LogP contribution is -2.37. The lowest BCUT2D eigenvalue weighted by atomic mass is 10.1. The topological polar surface area (TPSA) is 23.5 Å². The van der Waals surface area contributed by atoms with Gasteiger partial charge in [-0.25, -0.2) is 4.39 Å². The molecule has 100 valence electrons. The van der Waals surface area contributed by atoms with E-state index in [0.29, 0.717) is 12.8 Å². The minimum atomic E-state index is -4.39. The highest BCUT2D eigenvalue weighted by atomic mass is 19.4. The van der Waals surface area contributed by atoms with Crippen molar-refractivity contribution in [3.8, 4) is 0 Å². The van der Waals surface area contributed by atoms with Crippen molar-refractivity contribution in [1.29, 1.82) is 0 Å². The van der Waals surface area contributed by atoms with E-state index in [1.54, 1.807) is 0 Å². The van der Waals surface area contributed by atoms with E-state index in [1.165, 1.54) is 12.1 Å². The van der Waals surface area contributed by atoms with Crippen molar-refractivity contribution in [3.63, 3.8) is 0 Å². The molecular formula is C12H13F4NO. The van der Waals surface area contributed by atoms with Crippen LogP contribution in [0.1, 0.15) is 18.4 Å². The highest BCUT2D eigenvalue weighted by Gasteiger charge is 2.39. The Bertz CT molecular complexity index is 429. The zero-order chi connectivity index (χ0) is 13.3. The summed E-state index contributed by atoms with van der Waals surface area (Å²) >= 11 is 0. The average molecular weight is 263 g/mol. The first-order chi connectivity index (χ1) is 8.42. The predicted octanol–water partition coefficient (Wildman–Crippen LogP) is 2.85. The van der Waals surface area contributed by atoms with Gasteiger partial charge in [-0.05, 0) is 18.9 Å². The van der Waals surface area contributed by atoms with Gasteiger partial charge in [0.15, 0.2) is 0 Å². The Morgan fingerprint density at radius 2 is 1.94 bits per heavy atom. The maximum Gasteiger partial charge on any atom is 0.405 e. The van der Waals surface area contributed by atoms with Gasteiger partial charge in [-0.3, -0.25) is 0 Å². The molecule has 0 bridgehead atoms. The molecule has 2 nitrogen and oxygen atoms in total. The molecule has 18 heavy (non-hydrogen) atoms. The Labute approximate surface area is 102 Å². The third kappa shape index (κ3) is 2.93. The summed E-state index contributed by atoms with van der Waals surface area (Å²) in [5.74, 6) is -0.724. The molecule has 1 aliphatic rings. The molecule has 0 aromatic heterocycles. The van der Waals surface area contributed by atoms with Crippen LogP contribution >= 0.6 is 0 Å². The van der Waals surface area contributed by atoms with Gasteiger partial charge in [0.1, 0.15) is 12.4 Å². The molecule has 1 aromatic rings. The van der Waals surface area contributed by atoms with Crippen LogP contribution in [-0.4, -0.2) is 23.9 Å². The number of alkyl halides is 3. The Kier molecular flexibility index (Phi) is 3.47. The van der Waals surface area contributed by atoms with Crippen LogP contribution in [-0.2, 0) is 6.61 Å². The van der Waals surface area contributed by atoms with E-state index in [0.717, 1.165) is 11.0 Å². The van der Waals surface area contributed by atoms with Crippen molar-refractivity contribution in [2.45, 2.75) is 31.7 Å². The van der Waals surface area contributed by atoms with Gasteiger partial charge in [-0.2, -0.15) is 13.2 Å². The number of hydrogen-bond acceptors (Lipinski definition) is 2. The Morgan fingerprint density at radius 3 is 2.44 bits per heavy atom. The maximum absolute atomic E-state index is 13.7. The molecule has 1 N–H and O–H groups in total. The average Bonchev–Trinajstić information content (AvgIpc) is 3.08. The number of anilines is 1. The third-order valence-corrected chi connectivity index (χ3v) is 2.87. The molecule has 0 spiro atoms. The first-order valence-electron chi connectivity index (χ1n) is 5.64. The van der Waals surface area contributed by atoms with Crippen molar-refractivity contribution < 1.29 is 22.7 Å². The molecule has 0 unspecified atom stereocenters. The molecule has 6 heteroatoms. The van der Waals surface area contributed by atoms with E-state index < -0.39 is 25.1 Å². The standard InChI is InChI=1S/C12H13F4NO/c13-10-3-1-2-8(6-18)11(10)17(9-4-5-9)7-12(14,15)16/h1-3,9,18H,4-7H2. The highest BCUT2D eigenvalue weighted by Crippen LogP contribution is 2.37. The van der Waals surface area contributed by atoms with E-state index in [4.69, 9.17) is 5.11 Å². The summed E-state index contributed by atoms with van der Waals surface area (Å²) < 4.78 is 51.3. The predicted molar refractivity (Wildman–Crippen MR) is 58.7 cm³/mol. The smallest absolute Gasteiger partial charge is 0.392 e. The van der Waals surface area contributed by atoms with Crippen LogP contribution in [0, 0.1) is 5.82 Å². The Morgan fingerprint density at radius 1 is 1.28 bits per heavy atom. The summed E-state index contributed by atoms with van der Waals surface area (Å²) in [4.78, 5) is 1.01. The van der Waals surface area contributed by atoms with Gasteiger partial charge in [0.2, 0.25) is 0 Å². The molecule has 0 atom stereocenters. The monoisotopic (exact) mass is 263 g/mol. The minimum absolute atomic E-state index is 0.125. The highest BCUT2D eigenvalue weighted by molar-refractivity contribution is 5.56. The van der Waals surface area contributed by atoms with Crippen LogP contribution in [0.3, 0.4) is 0 Å². The van der Waals surface area contributed by atoms with Crippen molar-refractivity contribution in [3.05, 3.63) is 29.6 Å². The molecule has 0 amide bonds. The zero-order valence-electron chi connectivity index (χ0n) is 9.54. The van der Waals surface area contributed by atoms with E-state index in [2.05, 4.69) is 0 Å². The molecule has 0 heterocycles. The summed E-state index contributed by atoms with van der Waals surface area (Å²) in [7, 11) is 0. The summed E-state index contributed by atoms with van der Waals surface area (Å²) in [6.07, 6.45) is -3.15. The largest absolute Gasteiger partial charge is 0.405 e. The van der Waals surface area contributed by atoms with E-state index in [1.807, 2.05) is 0 Å². The van der Waals surface area contributed by atoms with Crippen LogP contribution in [0.15, 0.2) is 18.2 Å². The second-order valence-electron chi connectivity index (χ2n) is 4.38. The summed E-state index contributed by atoms with van der Waals surface area (Å²) in [6, 6.07) is 3.64. The number of rotatable bonds is 4. The summed E-state index contributed by atoms with van der Waals surface area (Å²) in [5, 5.41) is 9.12. The molecule has 1 aromatic carbocycles. The number of aliphatic hydroxyl groups is 1. The molecule has 2 rings (SSSR count). The van der Waals surface area contributed by atoms with Crippen molar-refractivity contribution in [1.82, 2.24) is 0 Å². The van der Waals surface area contributed by atoms with Gasteiger partial charge in [-0.15, -0.1) is 0 Å². The van der Waals surface area contributed by atoms with Crippen molar-refractivity contribution in [2.75, 3.05) is 11.4 Å². The quantitative estimate of drug-likeness (QED) is 0.844. The normalized spacial score (nSPS) is 15.8. The van der Waals surface area contributed by atoms with E-state index in [9.17, 15) is 17.6 Å². The van der Waals surface area contributed by atoms with Crippen molar-refractivity contribution >= 4 is 5.69 Å². The Hall–Kier alpha value is -1.30. The van der Waals surface area contributed by atoms with Gasteiger partial charge in [0.05, 0.1) is 12.3 Å². The van der Waals surface area contributed by atoms with Crippen molar-refractivity contribution in [2.24, 2.45) is 0 Å². The number of halogens is 4. The number of benzene rings is 1. The SMILES string of the molecule is OCc1cccc(F)c1N(CC(F)(F)F)C1CC1. The van der Waals surface area contributed by atoms with Crippen LogP contribution < -0.4 is 4.90 Å². The molecular weight excluding hydrogens is 250 g/mol. The van der Waals surface area contributed by atoms with E-state index in [-0.39, 0.29) is 17.3 Å². The van der Waals surface area contributed by atoms with Gasteiger partial charge in [0, 0.05) is 11.6 Å². The first kappa shape index (κ1) is 13.1. The number of para-hydroxylation sites is 1. The van der Waals surface area contributed by atoms with Crippen LogP contribution in [0.5, 0.6) is 0 Å². The summed E-state index contributed by atoms with van der Waals surface area (Å²) in [5.41, 5.74) is 0.0611. The zero-order valence-corrected chi connectivity index (χ0v) is 9.54. The number of nitrogens with zero attached hydrogens (tertiary/aromatic N) is 1. The van der Waals surface area contributed by atoms with Gasteiger partial charge in [-0.1, -0.05) is 12.1 Å². The van der Waals surface area contributed by atoms with Gasteiger partial charge < -0.3 is 10.0 Å². The molecule has 0 saturated heterocycles. The first-order valence-corrected chi connectivity index (χ1v) is 5.64. The van der Waals surface area contributed by atoms with Crippen LogP contribution in [0.4, 0.5) is 23.2 Å². The number of hydrogen-bond donors (Lipinski definition) is 1.